The summed E-state index contributed by atoms with van der Waals surface area (Å²) in [6.45, 7) is 9.20. The van der Waals surface area contributed by atoms with Crippen LogP contribution in [-0.4, -0.2) is 11.6 Å². The second kappa shape index (κ2) is 6.74. The number of rotatable bonds is 6. The van der Waals surface area contributed by atoms with E-state index in [-0.39, 0.29) is 0 Å². The van der Waals surface area contributed by atoms with Crippen LogP contribution < -0.4 is 10.5 Å². The van der Waals surface area contributed by atoms with Crippen LogP contribution in [0.4, 0.5) is 0 Å². The van der Waals surface area contributed by atoms with Gasteiger partial charge >= 0.3 is 0 Å². The Morgan fingerprint density at radius 3 is 2.61 bits per heavy atom. The number of nitrogens with two attached hydrogens (primary N) is 1. The normalized spacial score (nSPS) is 12.2. The van der Waals surface area contributed by atoms with Gasteiger partial charge in [-0.25, -0.2) is 0 Å². The van der Waals surface area contributed by atoms with Crippen LogP contribution in [0.5, 0.6) is 5.75 Å². The number of ether oxygens (including phenoxy) is 1. The second-order valence-corrected chi connectivity index (χ2v) is 5.44. The van der Waals surface area contributed by atoms with Crippen molar-refractivity contribution in [2.24, 2.45) is 5.73 Å². The zero-order valence-electron chi connectivity index (χ0n) is 11.7. The fraction of sp³-hybridized carbons (Fsp3) is 0.533. The van der Waals surface area contributed by atoms with Crippen LogP contribution in [0.1, 0.15) is 49.3 Å². The van der Waals surface area contributed by atoms with Crippen LogP contribution in [0, 0.1) is 13.8 Å². The van der Waals surface area contributed by atoms with Gasteiger partial charge in [-0.1, -0.05) is 43.8 Å². The predicted octanol–water partition coefficient (Wildman–Crippen LogP) is 3.87. The number of benzene rings is 1. The minimum Gasteiger partial charge on any atom is -0.493 e. The summed E-state index contributed by atoms with van der Waals surface area (Å²) in [5, 5.41) is 0. The molecule has 18 heavy (non-hydrogen) atoms. The third kappa shape index (κ3) is 3.98. The Morgan fingerprint density at radius 1 is 1.39 bits per heavy atom. The van der Waals surface area contributed by atoms with Gasteiger partial charge in [0.1, 0.15) is 5.75 Å². The van der Waals surface area contributed by atoms with Crippen molar-refractivity contribution in [2.45, 2.75) is 46.5 Å². The molecule has 0 radical (unpaired) electrons. The maximum absolute atomic E-state index is 5.89. The highest BCUT2D eigenvalue weighted by molar-refractivity contribution is 7.80. The molecule has 0 aliphatic rings. The molecule has 0 amide bonds. The van der Waals surface area contributed by atoms with E-state index in [4.69, 9.17) is 22.7 Å². The van der Waals surface area contributed by atoms with Crippen molar-refractivity contribution in [3.8, 4) is 5.75 Å². The SMILES string of the molecule is CCCOc1c(C)cc(C)cc1C(C)CC(N)=S. The molecule has 1 unspecified atom stereocenters. The highest BCUT2D eigenvalue weighted by Crippen LogP contribution is 2.33. The predicted molar refractivity (Wildman–Crippen MR) is 81.5 cm³/mol. The van der Waals surface area contributed by atoms with Crippen LogP contribution >= 0.6 is 12.2 Å². The lowest BCUT2D eigenvalue weighted by molar-refractivity contribution is 0.310. The Balaban J connectivity index is 3.09. The van der Waals surface area contributed by atoms with Crippen molar-refractivity contribution in [2.75, 3.05) is 6.61 Å². The van der Waals surface area contributed by atoms with Gasteiger partial charge in [0.15, 0.2) is 0 Å². The maximum Gasteiger partial charge on any atom is 0.125 e. The average molecular weight is 265 g/mol. The van der Waals surface area contributed by atoms with Crippen molar-refractivity contribution in [3.63, 3.8) is 0 Å². The van der Waals surface area contributed by atoms with Crippen molar-refractivity contribution in [3.05, 3.63) is 28.8 Å². The molecule has 0 spiro atoms. The molecule has 0 aromatic heterocycles. The summed E-state index contributed by atoms with van der Waals surface area (Å²) in [5.74, 6) is 1.30. The fourth-order valence-corrected chi connectivity index (χ4v) is 2.42. The Hall–Kier alpha value is -1.09. The number of aryl methyl sites for hydroxylation is 2. The van der Waals surface area contributed by atoms with Crippen LogP contribution in [-0.2, 0) is 0 Å². The molecule has 0 saturated carbocycles. The molecule has 0 saturated heterocycles. The molecule has 1 atom stereocenters. The van der Waals surface area contributed by atoms with E-state index >= 15 is 0 Å². The summed E-state index contributed by atoms with van der Waals surface area (Å²) in [7, 11) is 0. The molecule has 0 heterocycles. The first-order valence-electron chi connectivity index (χ1n) is 6.48. The van der Waals surface area contributed by atoms with E-state index in [1.54, 1.807) is 0 Å². The van der Waals surface area contributed by atoms with Gasteiger partial charge in [0, 0.05) is 6.42 Å². The third-order valence-corrected chi connectivity index (χ3v) is 3.10. The maximum atomic E-state index is 5.89. The zero-order valence-corrected chi connectivity index (χ0v) is 12.6. The molecule has 0 fully saturated rings. The number of hydrogen-bond acceptors (Lipinski definition) is 2. The molecule has 2 N–H and O–H groups in total. The van der Waals surface area contributed by atoms with E-state index in [9.17, 15) is 0 Å². The molecule has 100 valence electrons. The smallest absolute Gasteiger partial charge is 0.125 e. The number of thiocarbonyl (C=S) groups is 1. The van der Waals surface area contributed by atoms with Gasteiger partial charge in [0.25, 0.3) is 0 Å². The fourth-order valence-electron chi connectivity index (χ4n) is 2.17. The summed E-state index contributed by atoms with van der Waals surface area (Å²) in [5.41, 5.74) is 9.30. The van der Waals surface area contributed by atoms with Crippen LogP contribution in [0.25, 0.3) is 0 Å². The topological polar surface area (TPSA) is 35.2 Å². The first-order valence-corrected chi connectivity index (χ1v) is 6.88. The second-order valence-electron chi connectivity index (χ2n) is 4.92. The summed E-state index contributed by atoms with van der Waals surface area (Å²) in [4.78, 5) is 0.558. The van der Waals surface area contributed by atoms with Crippen LogP contribution in [0.2, 0.25) is 0 Å². The van der Waals surface area contributed by atoms with Crippen molar-refractivity contribution in [1.29, 1.82) is 0 Å². The third-order valence-electron chi connectivity index (χ3n) is 2.94. The van der Waals surface area contributed by atoms with Gasteiger partial charge in [0.05, 0.1) is 11.6 Å². The molecule has 0 aliphatic carbocycles. The zero-order chi connectivity index (χ0) is 13.7. The lowest BCUT2D eigenvalue weighted by Crippen LogP contribution is -2.13. The molecule has 3 heteroatoms. The van der Waals surface area contributed by atoms with Gasteiger partial charge in [-0.3, -0.25) is 0 Å². The Morgan fingerprint density at radius 2 is 2.06 bits per heavy atom. The van der Waals surface area contributed by atoms with Crippen molar-refractivity contribution < 1.29 is 4.74 Å². The van der Waals surface area contributed by atoms with Gasteiger partial charge in [-0.05, 0) is 37.3 Å². The van der Waals surface area contributed by atoms with E-state index in [0.29, 0.717) is 10.9 Å². The largest absolute Gasteiger partial charge is 0.493 e. The molecule has 2 nitrogen and oxygen atoms in total. The van der Waals surface area contributed by atoms with Crippen LogP contribution in [0.3, 0.4) is 0 Å². The first-order chi connectivity index (χ1) is 8.45. The highest BCUT2D eigenvalue weighted by Gasteiger charge is 2.15. The quantitative estimate of drug-likeness (QED) is 0.793. The lowest BCUT2D eigenvalue weighted by atomic mass is 9.93. The van der Waals surface area contributed by atoms with Gasteiger partial charge in [-0.2, -0.15) is 0 Å². The highest BCUT2D eigenvalue weighted by atomic mass is 32.1. The van der Waals surface area contributed by atoms with Crippen molar-refractivity contribution in [1.82, 2.24) is 0 Å². The van der Waals surface area contributed by atoms with Crippen LogP contribution in [0.15, 0.2) is 12.1 Å². The van der Waals surface area contributed by atoms with Crippen molar-refractivity contribution >= 4 is 17.2 Å². The summed E-state index contributed by atoms with van der Waals surface area (Å²) < 4.78 is 5.89. The lowest BCUT2D eigenvalue weighted by Gasteiger charge is -2.19. The monoisotopic (exact) mass is 265 g/mol. The molecular weight excluding hydrogens is 242 g/mol. The van der Waals surface area contributed by atoms with E-state index in [0.717, 1.165) is 25.2 Å². The van der Waals surface area contributed by atoms with Gasteiger partial charge < -0.3 is 10.5 Å². The van der Waals surface area contributed by atoms with Gasteiger partial charge in [-0.15, -0.1) is 0 Å². The molecule has 1 aromatic rings. The minimum absolute atomic E-state index is 0.299. The van der Waals surface area contributed by atoms with E-state index in [2.05, 4.69) is 39.8 Å². The average Bonchev–Trinajstić information content (AvgIpc) is 2.26. The molecule has 0 aliphatic heterocycles. The van der Waals surface area contributed by atoms with E-state index in [1.165, 1.54) is 16.7 Å². The Bertz CT molecular complexity index is 429. The number of hydrogen-bond donors (Lipinski definition) is 1. The molecule has 1 aromatic carbocycles. The minimum atomic E-state index is 0.299. The molecule has 0 bridgehead atoms. The standard InChI is InChI=1S/C15H23NOS/c1-5-6-17-15-12(4)7-10(2)8-13(15)11(3)9-14(16)18/h7-8,11H,5-6,9H2,1-4H3,(H2,16,18). The molecular formula is C15H23NOS. The van der Waals surface area contributed by atoms with E-state index < -0.39 is 0 Å². The Kier molecular flexibility index (Phi) is 5.60. The summed E-state index contributed by atoms with van der Waals surface area (Å²) in [6.07, 6.45) is 1.73. The Labute approximate surface area is 116 Å². The molecule has 1 rings (SSSR count). The first kappa shape index (κ1) is 15.0. The summed E-state index contributed by atoms with van der Waals surface area (Å²) in [6, 6.07) is 4.34. The van der Waals surface area contributed by atoms with Gasteiger partial charge in [0.2, 0.25) is 0 Å². The van der Waals surface area contributed by atoms with E-state index in [1.807, 2.05) is 0 Å². The summed E-state index contributed by atoms with van der Waals surface area (Å²) >= 11 is 5.01.